The molecule has 0 aromatic carbocycles. The number of rotatable bonds is 3. The van der Waals surface area contributed by atoms with Gasteiger partial charge >= 0.3 is 5.97 Å². The van der Waals surface area contributed by atoms with Gasteiger partial charge in [0.15, 0.2) is 0 Å². The van der Waals surface area contributed by atoms with Crippen LogP contribution in [-0.2, 0) is 23.7 Å². The number of hydrogen-bond acceptors (Lipinski definition) is 5. The predicted molar refractivity (Wildman–Crippen MR) is 42.8 cm³/mol. The normalized spacial score (nSPS) is 26.5. The van der Waals surface area contributed by atoms with Crippen LogP contribution in [0.25, 0.3) is 0 Å². The van der Waals surface area contributed by atoms with Gasteiger partial charge in [0.25, 0.3) is 0 Å². The monoisotopic (exact) mass is 188 g/mol. The smallest absolute Gasteiger partial charge is 0.373 e. The van der Waals surface area contributed by atoms with Gasteiger partial charge in [-0.1, -0.05) is 0 Å². The molecule has 13 heavy (non-hydrogen) atoms. The first-order valence-electron chi connectivity index (χ1n) is 3.75. The lowest BCUT2D eigenvalue weighted by Gasteiger charge is -2.15. The fourth-order valence-electron chi connectivity index (χ4n) is 1.04. The quantitative estimate of drug-likeness (QED) is 0.586. The van der Waals surface area contributed by atoms with Gasteiger partial charge in [-0.15, -0.1) is 0 Å². The van der Waals surface area contributed by atoms with Crippen LogP contribution in [0.3, 0.4) is 0 Å². The number of esters is 1. The third kappa shape index (κ3) is 1.99. The van der Waals surface area contributed by atoms with E-state index < -0.39 is 12.3 Å². The molecule has 0 aromatic heterocycles. The zero-order valence-corrected chi connectivity index (χ0v) is 7.77. The lowest BCUT2D eigenvalue weighted by Crippen LogP contribution is -2.25. The number of ether oxygens (including phenoxy) is 4. The largest absolute Gasteiger partial charge is 0.463 e. The van der Waals surface area contributed by atoms with Crippen molar-refractivity contribution in [2.45, 2.75) is 12.4 Å². The van der Waals surface area contributed by atoms with Crippen LogP contribution in [0.2, 0.25) is 0 Å². The Kier molecular flexibility index (Phi) is 3.27. The minimum Gasteiger partial charge on any atom is -0.463 e. The Bertz CT molecular complexity index is 223. The maximum Gasteiger partial charge on any atom is 0.373 e. The highest BCUT2D eigenvalue weighted by Gasteiger charge is 2.32. The minimum atomic E-state index is -0.570. The lowest BCUT2D eigenvalue weighted by molar-refractivity contribution is -0.156. The topological polar surface area (TPSA) is 54.0 Å². The molecule has 0 unspecified atom stereocenters. The van der Waals surface area contributed by atoms with Gasteiger partial charge < -0.3 is 18.9 Å². The molecule has 0 radical (unpaired) electrons. The molecule has 0 bridgehead atoms. The van der Waals surface area contributed by atoms with Crippen LogP contribution in [0.4, 0.5) is 0 Å². The number of carbonyl (C=O) groups excluding carboxylic acids is 1. The Morgan fingerprint density at radius 3 is 2.46 bits per heavy atom. The Morgan fingerprint density at radius 2 is 2.08 bits per heavy atom. The van der Waals surface area contributed by atoms with E-state index in [-0.39, 0.29) is 11.9 Å². The lowest BCUT2D eigenvalue weighted by atomic mass is 10.3. The predicted octanol–water partition coefficient (Wildman–Crippen LogP) is 0.0610. The summed E-state index contributed by atoms with van der Waals surface area (Å²) in [6, 6.07) is 0. The second-order valence-electron chi connectivity index (χ2n) is 2.44. The van der Waals surface area contributed by atoms with E-state index in [0.717, 1.165) is 0 Å². The zero-order valence-electron chi connectivity index (χ0n) is 7.77. The molecule has 1 heterocycles. The second kappa shape index (κ2) is 4.25. The van der Waals surface area contributed by atoms with E-state index in [1.54, 1.807) is 0 Å². The van der Waals surface area contributed by atoms with E-state index in [1.807, 2.05) is 0 Å². The summed E-state index contributed by atoms with van der Waals surface area (Å²) in [4.78, 5) is 11.0. The molecule has 5 nitrogen and oxygen atoms in total. The standard InChI is InChI=1S/C8H12O5/c1-10-6-4-5(7(9)11-2)13-8(6)12-3/h4,6,8H,1-3H3/t6-,8+/m0/s1. The van der Waals surface area contributed by atoms with E-state index in [2.05, 4.69) is 4.74 Å². The summed E-state index contributed by atoms with van der Waals surface area (Å²) in [5.74, 6) is -0.400. The summed E-state index contributed by atoms with van der Waals surface area (Å²) in [5.41, 5.74) is 0. The van der Waals surface area contributed by atoms with E-state index in [0.29, 0.717) is 0 Å². The summed E-state index contributed by atoms with van der Waals surface area (Å²) in [6.45, 7) is 0. The molecular weight excluding hydrogens is 176 g/mol. The Balaban J connectivity index is 2.65. The van der Waals surface area contributed by atoms with Crippen LogP contribution in [0.15, 0.2) is 11.8 Å². The second-order valence-corrected chi connectivity index (χ2v) is 2.44. The van der Waals surface area contributed by atoms with Crippen molar-refractivity contribution in [1.29, 1.82) is 0 Å². The number of carbonyl (C=O) groups is 1. The molecular formula is C8H12O5. The molecule has 0 saturated heterocycles. The van der Waals surface area contributed by atoms with Gasteiger partial charge in [0, 0.05) is 20.3 Å². The Hall–Kier alpha value is -1.07. The Morgan fingerprint density at radius 1 is 1.38 bits per heavy atom. The molecule has 0 spiro atoms. The van der Waals surface area contributed by atoms with Crippen molar-refractivity contribution < 1.29 is 23.7 Å². The van der Waals surface area contributed by atoms with Gasteiger partial charge in [-0.05, 0) is 0 Å². The van der Waals surface area contributed by atoms with Crippen LogP contribution < -0.4 is 0 Å². The van der Waals surface area contributed by atoms with Crippen molar-refractivity contribution in [3.8, 4) is 0 Å². The summed E-state index contributed by atoms with van der Waals surface area (Å²) in [7, 11) is 4.27. The number of methoxy groups -OCH3 is 3. The highest BCUT2D eigenvalue weighted by Crippen LogP contribution is 2.21. The summed E-state index contributed by atoms with van der Waals surface area (Å²) in [6.07, 6.45) is 0.596. The van der Waals surface area contributed by atoms with Gasteiger partial charge in [-0.2, -0.15) is 0 Å². The zero-order chi connectivity index (χ0) is 9.84. The van der Waals surface area contributed by atoms with E-state index in [4.69, 9.17) is 14.2 Å². The van der Waals surface area contributed by atoms with Crippen molar-refractivity contribution in [1.82, 2.24) is 0 Å². The van der Waals surface area contributed by atoms with Gasteiger partial charge in [0.1, 0.15) is 6.10 Å². The molecule has 0 amide bonds. The summed E-state index contributed by atoms with van der Waals surface area (Å²) >= 11 is 0. The SMILES string of the molecule is COC(=O)C1=C[C@H](OC)[C@H](OC)O1. The molecule has 1 rings (SSSR count). The van der Waals surface area contributed by atoms with E-state index in [9.17, 15) is 4.79 Å². The molecule has 0 aliphatic carbocycles. The van der Waals surface area contributed by atoms with Crippen LogP contribution in [-0.4, -0.2) is 39.7 Å². The van der Waals surface area contributed by atoms with Gasteiger partial charge in [-0.25, -0.2) is 4.79 Å². The van der Waals surface area contributed by atoms with Crippen molar-refractivity contribution in [3.05, 3.63) is 11.8 Å². The molecule has 1 aliphatic heterocycles. The van der Waals surface area contributed by atoms with Crippen molar-refractivity contribution in [2.24, 2.45) is 0 Å². The highest BCUT2D eigenvalue weighted by atomic mass is 16.7. The molecule has 74 valence electrons. The first-order valence-corrected chi connectivity index (χ1v) is 3.75. The molecule has 0 aromatic rings. The molecule has 0 fully saturated rings. The Labute approximate surface area is 76.2 Å². The first-order chi connectivity index (χ1) is 6.22. The van der Waals surface area contributed by atoms with Crippen molar-refractivity contribution in [3.63, 3.8) is 0 Å². The molecule has 0 saturated carbocycles. The van der Waals surface area contributed by atoms with E-state index in [1.165, 1.54) is 27.4 Å². The third-order valence-corrected chi connectivity index (χ3v) is 1.72. The third-order valence-electron chi connectivity index (χ3n) is 1.72. The van der Waals surface area contributed by atoms with Gasteiger partial charge in [0.2, 0.25) is 12.0 Å². The highest BCUT2D eigenvalue weighted by molar-refractivity contribution is 5.86. The fraction of sp³-hybridized carbons (Fsp3) is 0.625. The summed E-state index contributed by atoms with van der Waals surface area (Å²) < 4.78 is 19.5. The first kappa shape index (κ1) is 10.0. The van der Waals surface area contributed by atoms with Crippen LogP contribution in [0.5, 0.6) is 0 Å². The van der Waals surface area contributed by atoms with Gasteiger partial charge in [-0.3, -0.25) is 0 Å². The molecule has 1 aliphatic rings. The molecule has 5 heteroatoms. The molecule has 0 N–H and O–H groups in total. The van der Waals surface area contributed by atoms with Crippen LogP contribution in [0, 0.1) is 0 Å². The minimum absolute atomic E-state index is 0.126. The van der Waals surface area contributed by atoms with Crippen molar-refractivity contribution in [2.75, 3.05) is 21.3 Å². The van der Waals surface area contributed by atoms with Crippen molar-refractivity contribution >= 4 is 5.97 Å². The maximum absolute atomic E-state index is 11.0. The van der Waals surface area contributed by atoms with Crippen LogP contribution >= 0.6 is 0 Å². The van der Waals surface area contributed by atoms with Gasteiger partial charge in [0.05, 0.1) is 7.11 Å². The average Bonchev–Trinajstić information content (AvgIpc) is 2.59. The maximum atomic E-state index is 11.0. The number of hydrogen-bond donors (Lipinski definition) is 0. The molecule has 2 atom stereocenters. The summed E-state index contributed by atoms with van der Waals surface area (Å²) in [5, 5.41) is 0. The average molecular weight is 188 g/mol. The van der Waals surface area contributed by atoms with Crippen LogP contribution in [0.1, 0.15) is 0 Å². The van der Waals surface area contributed by atoms with E-state index >= 15 is 0 Å². The fourth-order valence-corrected chi connectivity index (χ4v) is 1.04.